The van der Waals surface area contributed by atoms with Gasteiger partial charge in [0.2, 0.25) is 0 Å². The highest BCUT2D eigenvalue weighted by molar-refractivity contribution is 6.00. The van der Waals surface area contributed by atoms with E-state index < -0.39 is 0 Å². The Morgan fingerprint density at radius 3 is 2.76 bits per heavy atom. The fraction of sp³-hybridized carbons (Fsp3) is 0.105. The third-order valence-corrected chi connectivity index (χ3v) is 4.12. The van der Waals surface area contributed by atoms with E-state index in [-0.39, 0.29) is 5.82 Å². The van der Waals surface area contributed by atoms with Gasteiger partial charge in [-0.3, -0.25) is 0 Å². The van der Waals surface area contributed by atoms with Gasteiger partial charge in [0.25, 0.3) is 0 Å². The third kappa shape index (κ3) is 2.52. The second kappa shape index (κ2) is 5.98. The molecule has 0 aliphatic heterocycles. The van der Waals surface area contributed by atoms with Gasteiger partial charge in [-0.2, -0.15) is 0 Å². The standard InChI is InChI=1S/C19H14FN3O2/c1-11-16(9-21-10-22-11)13-4-3-5-14-18(23-25-19(13)14)15-8-12(20)6-7-17(15)24-2/h3-10H,1-2H3. The Morgan fingerprint density at radius 1 is 1.08 bits per heavy atom. The van der Waals surface area contributed by atoms with Crippen LogP contribution in [0.25, 0.3) is 33.4 Å². The number of halogens is 1. The van der Waals surface area contributed by atoms with Gasteiger partial charge in [0.05, 0.1) is 12.5 Å². The van der Waals surface area contributed by atoms with Crippen LogP contribution < -0.4 is 4.74 Å². The number of nitrogens with zero attached hydrogens (tertiary/aromatic N) is 3. The number of benzene rings is 2. The second-order valence-corrected chi connectivity index (χ2v) is 5.58. The Morgan fingerprint density at radius 2 is 1.96 bits per heavy atom. The number of ether oxygens (including phenoxy) is 1. The number of aryl methyl sites for hydroxylation is 1. The minimum Gasteiger partial charge on any atom is -0.496 e. The highest BCUT2D eigenvalue weighted by atomic mass is 19.1. The predicted octanol–water partition coefficient (Wildman–Crippen LogP) is 4.41. The van der Waals surface area contributed by atoms with Crippen molar-refractivity contribution in [2.45, 2.75) is 6.92 Å². The molecular formula is C19H14FN3O2. The van der Waals surface area contributed by atoms with Crippen LogP contribution >= 0.6 is 0 Å². The first kappa shape index (κ1) is 15.3. The molecule has 0 aliphatic carbocycles. The highest BCUT2D eigenvalue weighted by Crippen LogP contribution is 2.38. The zero-order valence-corrected chi connectivity index (χ0v) is 13.7. The fourth-order valence-corrected chi connectivity index (χ4v) is 2.89. The lowest BCUT2D eigenvalue weighted by Crippen LogP contribution is -1.90. The van der Waals surface area contributed by atoms with Crippen molar-refractivity contribution in [1.29, 1.82) is 0 Å². The molecule has 124 valence electrons. The van der Waals surface area contributed by atoms with E-state index in [0.29, 0.717) is 22.6 Å². The summed E-state index contributed by atoms with van der Waals surface area (Å²) in [4.78, 5) is 8.31. The molecule has 4 aromatic rings. The molecule has 0 fully saturated rings. The average Bonchev–Trinajstić information content (AvgIpc) is 3.06. The van der Waals surface area contributed by atoms with Gasteiger partial charge in [0, 0.05) is 28.6 Å². The van der Waals surface area contributed by atoms with Crippen molar-refractivity contribution in [3.05, 3.63) is 60.4 Å². The van der Waals surface area contributed by atoms with Crippen LogP contribution in [0.4, 0.5) is 4.39 Å². The summed E-state index contributed by atoms with van der Waals surface area (Å²) >= 11 is 0. The zero-order chi connectivity index (χ0) is 17.4. The van der Waals surface area contributed by atoms with Crippen LogP contribution in [0.3, 0.4) is 0 Å². The van der Waals surface area contributed by atoms with Crippen molar-refractivity contribution in [3.63, 3.8) is 0 Å². The number of rotatable bonds is 3. The van der Waals surface area contributed by atoms with Gasteiger partial charge < -0.3 is 9.26 Å². The zero-order valence-electron chi connectivity index (χ0n) is 13.7. The van der Waals surface area contributed by atoms with E-state index in [2.05, 4.69) is 15.1 Å². The Balaban J connectivity index is 1.97. The van der Waals surface area contributed by atoms with Gasteiger partial charge in [-0.05, 0) is 31.2 Å². The third-order valence-electron chi connectivity index (χ3n) is 4.12. The maximum absolute atomic E-state index is 13.7. The van der Waals surface area contributed by atoms with Crippen LogP contribution in [0.15, 0.2) is 53.4 Å². The molecule has 0 spiro atoms. The minimum atomic E-state index is -0.365. The maximum Gasteiger partial charge on any atom is 0.175 e. The number of hydrogen-bond donors (Lipinski definition) is 0. The second-order valence-electron chi connectivity index (χ2n) is 5.58. The van der Waals surface area contributed by atoms with Crippen molar-refractivity contribution in [3.8, 4) is 28.1 Å². The van der Waals surface area contributed by atoms with Crippen molar-refractivity contribution < 1.29 is 13.7 Å². The predicted molar refractivity (Wildman–Crippen MR) is 91.7 cm³/mol. The summed E-state index contributed by atoms with van der Waals surface area (Å²) in [6, 6.07) is 10.0. The van der Waals surface area contributed by atoms with Crippen molar-refractivity contribution in [2.75, 3.05) is 7.11 Å². The van der Waals surface area contributed by atoms with Gasteiger partial charge >= 0.3 is 0 Å². The molecule has 5 nitrogen and oxygen atoms in total. The first-order chi connectivity index (χ1) is 12.2. The quantitative estimate of drug-likeness (QED) is 0.555. The molecular weight excluding hydrogens is 321 g/mol. The SMILES string of the molecule is COc1ccc(F)cc1-c1noc2c(-c3cncnc3C)cccc12. The van der Waals surface area contributed by atoms with E-state index in [0.717, 1.165) is 22.2 Å². The van der Waals surface area contributed by atoms with Crippen LogP contribution in [0, 0.1) is 12.7 Å². The van der Waals surface area contributed by atoms with Crippen molar-refractivity contribution in [2.24, 2.45) is 0 Å². The lowest BCUT2D eigenvalue weighted by atomic mass is 10.0. The number of para-hydroxylation sites is 1. The summed E-state index contributed by atoms with van der Waals surface area (Å²) in [7, 11) is 1.54. The van der Waals surface area contributed by atoms with E-state index in [1.807, 2.05) is 25.1 Å². The molecule has 0 N–H and O–H groups in total. The molecule has 0 radical (unpaired) electrons. The normalized spacial score (nSPS) is 11.0. The molecule has 0 saturated carbocycles. The van der Waals surface area contributed by atoms with Crippen LogP contribution in [0.1, 0.15) is 5.69 Å². The summed E-state index contributed by atoms with van der Waals surface area (Å²) in [5.74, 6) is 0.164. The smallest absolute Gasteiger partial charge is 0.175 e. The van der Waals surface area contributed by atoms with Gasteiger partial charge in [-0.1, -0.05) is 17.3 Å². The lowest BCUT2D eigenvalue weighted by molar-refractivity contribution is 0.414. The summed E-state index contributed by atoms with van der Waals surface area (Å²) in [5.41, 5.74) is 4.21. The molecule has 0 atom stereocenters. The Bertz CT molecular complexity index is 1080. The van der Waals surface area contributed by atoms with Gasteiger partial charge in [0.1, 0.15) is 23.6 Å². The largest absolute Gasteiger partial charge is 0.496 e. The van der Waals surface area contributed by atoms with E-state index in [1.165, 1.54) is 25.6 Å². The van der Waals surface area contributed by atoms with Crippen LogP contribution in [-0.4, -0.2) is 22.2 Å². The topological polar surface area (TPSA) is 61.0 Å². The Hall–Kier alpha value is -3.28. The van der Waals surface area contributed by atoms with Crippen LogP contribution in [0.2, 0.25) is 0 Å². The molecule has 0 aliphatic rings. The Kier molecular flexibility index (Phi) is 3.65. The van der Waals surface area contributed by atoms with Crippen molar-refractivity contribution >= 4 is 11.0 Å². The molecule has 25 heavy (non-hydrogen) atoms. The molecule has 0 bridgehead atoms. The van der Waals surface area contributed by atoms with Gasteiger partial charge in [-0.15, -0.1) is 0 Å². The Labute approximate surface area is 143 Å². The average molecular weight is 335 g/mol. The minimum absolute atomic E-state index is 0.365. The molecule has 0 saturated heterocycles. The van der Waals surface area contributed by atoms with Crippen molar-refractivity contribution in [1.82, 2.24) is 15.1 Å². The number of aromatic nitrogens is 3. The summed E-state index contributed by atoms with van der Waals surface area (Å²) in [5, 5.41) is 4.94. The monoisotopic (exact) mass is 335 g/mol. The first-order valence-electron chi connectivity index (χ1n) is 7.68. The molecule has 2 aromatic heterocycles. The van der Waals surface area contributed by atoms with E-state index in [9.17, 15) is 4.39 Å². The highest BCUT2D eigenvalue weighted by Gasteiger charge is 2.19. The number of fused-ring (bicyclic) bond motifs is 1. The molecule has 0 unspecified atom stereocenters. The summed E-state index contributed by atoms with van der Waals surface area (Å²) in [6.07, 6.45) is 3.24. The molecule has 4 rings (SSSR count). The number of methoxy groups -OCH3 is 1. The lowest BCUT2D eigenvalue weighted by Gasteiger charge is -2.07. The first-order valence-corrected chi connectivity index (χ1v) is 7.68. The molecule has 2 heterocycles. The summed E-state index contributed by atoms with van der Waals surface area (Å²) < 4.78 is 24.7. The van der Waals surface area contributed by atoms with Crippen LogP contribution in [0.5, 0.6) is 5.75 Å². The molecule has 0 amide bonds. The van der Waals surface area contributed by atoms with Gasteiger partial charge in [-0.25, -0.2) is 14.4 Å². The number of hydrogen-bond acceptors (Lipinski definition) is 5. The van der Waals surface area contributed by atoms with E-state index in [1.54, 1.807) is 12.3 Å². The van der Waals surface area contributed by atoms with E-state index in [4.69, 9.17) is 9.26 Å². The van der Waals surface area contributed by atoms with Gasteiger partial charge in [0.15, 0.2) is 5.58 Å². The van der Waals surface area contributed by atoms with Crippen LogP contribution in [-0.2, 0) is 0 Å². The fourth-order valence-electron chi connectivity index (χ4n) is 2.89. The maximum atomic E-state index is 13.7. The molecule has 6 heteroatoms. The summed E-state index contributed by atoms with van der Waals surface area (Å²) in [6.45, 7) is 1.91. The molecule has 2 aromatic carbocycles. The van der Waals surface area contributed by atoms with E-state index >= 15 is 0 Å².